The van der Waals surface area contributed by atoms with Crippen molar-refractivity contribution in [1.29, 1.82) is 0 Å². The molecule has 1 aliphatic rings. The van der Waals surface area contributed by atoms with Crippen LogP contribution >= 0.6 is 0 Å². The maximum Gasteiger partial charge on any atom is 0.131 e. The first-order valence-electron chi connectivity index (χ1n) is 7.06. The van der Waals surface area contributed by atoms with Gasteiger partial charge in [-0.15, -0.1) is 0 Å². The number of nitrogens with one attached hydrogen (secondary N) is 2. The van der Waals surface area contributed by atoms with Gasteiger partial charge in [0.2, 0.25) is 0 Å². The van der Waals surface area contributed by atoms with Crippen LogP contribution in [0.5, 0.6) is 0 Å². The fraction of sp³-hybridized carbons (Fsp3) is 0.733. The molecule has 19 heavy (non-hydrogen) atoms. The van der Waals surface area contributed by atoms with Crippen LogP contribution in [-0.4, -0.2) is 23.1 Å². The highest BCUT2D eigenvalue weighted by Gasteiger charge is 2.38. The zero-order valence-corrected chi connectivity index (χ0v) is 12.7. The van der Waals surface area contributed by atoms with Gasteiger partial charge in [-0.05, 0) is 30.1 Å². The maximum atomic E-state index is 4.31. The van der Waals surface area contributed by atoms with Gasteiger partial charge in [0.05, 0.1) is 0 Å². The topological polar surface area (TPSA) is 49.8 Å². The molecule has 1 aliphatic carbocycles. The Labute approximate surface area is 116 Å². The molecule has 1 heterocycles. The molecule has 2 rings (SSSR count). The van der Waals surface area contributed by atoms with Crippen LogP contribution in [0.4, 0.5) is 11.6 Å². The Morgan fingerprint density at radius 1 is 1.05 bits per heavy atom. The molecule has 0 bridgehead atoms. The standard InChI is InChI=1S/C15H26N4/c1-14(2)7-11(8-15(3,4)9-14)19-13-6-12(16-5)17-10-18-13/h6,10-11H,7-9H2,1-5H3,(H2,16,17,18,19). The lowest BCUT2D eigenvalue weighted by molar-refractivity contribution is 0.105. The van der Waals surface area contributed by atoms with Crippen molar-refractivity contribution in [3.8, 4) is 0 Å². The number of hydrogen-bond acceptors (Lipinski definition) is 4. The normalized spacial score (nSPS) is 21.9. The lowest BCUT2D eigenvalue weighted by atomic mass is 9.63. The lowest BCUT2D eigenvalue weighted by Crippen LogP contribution is -2.40. The summed E-state index contributed by atoms with van der Waals surface area (Å²) in [7, 11) is 1.87. The lowest BCUT2D eigenvalue weighted by Gasteiger charge is -2.45. The van der Waals surface area contributed by atoms with Gasteiger partial charge in [-0.25, -0.2) is 9.97 Å². The predicted molar refractivity (Wildman–Crippen MR) is 80.4 cm³/mol. The van der Waals surface area contributed by atoms with Crippen molar-refractivity contribution < 1.29 is 0 Å². The van der Waals surface area contributed by atoms with E-state index in [1.807, 2.05) is 13.1 Å². The number of aromatic nitrogens is 2. The van der Waals surface area contributed by atoms with Crippen LogP contribution in [-0.2, 0) is 0 Å². The summed E-state index contributed by atoms with van der Waals surface area (Å²) in [6, 6.07) is 2.45. The molecule has 0 unspecified atom stereocenters. The summed E-state index contributed by atoms with van der Waals surface area (Å²) in [5.41, 5.74) is 0.774. The summed E-state index contributed by atoms with van der Waals surface area (Å²) in [6.45, 7) is 9.45. The van der Waals surface area contributed by atoms with E-state index >= 15 is 0 Å². The average Bonchev–Trinajstić information content (AvgIpc) is 2.24. The molecule has 0 spiro atoms. The third-order valence-electron chi connectivity index (χ3n) is 3.83. The molecular formula is C15H26N4. The largest absolute Gasteiger partial charge is 0.373 e. The highest BCUT2D eigenvalue weighted by molar-refractivity contribution is 5.46. The minimum absolute atomic E-state index is 0.387. The third kappa shape index (κ3) is 3.82. The second kappa shape index (κ2) is 4.99. The second-order valence-corrected chi connectivity index (χ2v) is 7.29. The molecule has 1 aromatic rings. The van der Waals surface area contributed by atoms with Crippen LogP contribution in [0.15, 0.2) is 12.4 Å². The van der Waals surface area contributed by atoms with E-state index in [1.165, 1.54) is 19.3 Å². The fourth-order valence-corrected chi connectivity index (χ4v) is 3.73. The molecule has 1 aromatic heterocycles. The summed E-state index contributed by atoms with van der Waals surface area (Å²) in [6.07, 6.45) is 5.27. The van der Waals surface area contributed by atoms with Crippen LogP contribution < -0.4 is 10.6 Å². The molecule has 1 fully saturated rings. The molecule has 0 aromatic carbocycles. The minimum atomic E-state index is 0.387. The van der Waals surface area contributed by atoms with Gasteiger partial charge in [0, 0.05) is 19.2 Å². The zero-order valence-electron chi connectivity index (χ0n) is 12.7. The molecule has 2 N–H and O–H groups in total. The van der Waals surface area contributed by atoms with Crippen molar-refractivity contribution in [1.82, 2.24) is 9.97 Å². The second-order valence-electron chi connectivity index (χ2n) is 7.29. The quantitative estimate of drug-likeness (QED) is 0.875. The minimum Gasteiger partial charge on any atom is -0.373 e. The third-order valence-corrected chi connectivity index (χ3v) is 3.83. The van der Waals surface area contributed by atoms with Crippen molar-refractivity contribution >= 4 is 11.6 Å². The van der Waals surface area contributed by atoms with Crippen LogP contribution in [0, 0.1) is 10.8 Å². The molecule has 4 heteroatoms. The Balaban J connectivity index is 2.09. The van der Waals surface area contributed by atoms with Gasteiger partial charge in [-0.1, -0.05) is 27.7 Å². The van der Waals surface area contributed by atoms with Gasteiger partial charge in [0.1, 0.15) is 18.0 Å². The van der Waals surface area contributed by atoms with Crippen molar-refractivity contribution in [2.45, 2.75) is 53.0 Å². The van der Waals surface area contributed by atoms with Crippen molar-refractivity contribution in [3.63, 3.8) is 0 Å². The maximum absolute atomic E-state index is 4.31. The number of hydrogen-bond donors (Lipinski definition) is 2. The predicted octanol–water partition coefficient (Wildman–Crippen LogP) is 3.54. The summed E-state index contributed by atoms with van der Waals surface area (Å²) in [5.74, 6) is 1.77. The Kier molecular flexibility index (Phi) is 3.70. The molecular weight excluding hydrogens is 236 g/mol. The van der Waals surface area contributed by atoms with E-state index < -0.39 is 0 Å². The van der Waals surface area contributed by atoms with E-state index in [0.717, 1.165) is 11.6 Å². The van der Waals surface area contributed by atoms with Crippen molar-refractivity contribution in [2.75, 3.05) is 17.7 Å². The first-order valence-corrected chi connectivity index (χ1v) is 7.06. The van der Waals surface area contributed by atoms with Gasteiger partial charge in [-0.2, -0.15) is 0 Å². The smallest absolute Gasteiger partial charge is 0.131 e. The summed E-state index contributed by atoms with van der Waals surface area (Å²) in [5, 5.41) is 6.62. The Hall–Kier alpha value is -1.32. The van der Waals surface area contributed by atoms with Gasteiger partial charge in [-0.3, -0.25) is 0 Å². The van der Waals surface area contributed by atoms with E-state index in [2.05, 4.69) is 48.3 Å². The number of rotatable bonds is 3. The van der Waals surface area contributed by atoms with Crippen molar-refractivity contribution in [2.24, 2.45) is 10.8 Å². The molecule has 0 amide bonds. The SMILES string of the molecule is CNc1cc(NC2CC(C)(C)CC(C)(C)C2)ncn1. The van der Waals surface area contributed by atoms with E-state index in [-0.39, 0.29) is 0 Å². The van der Waals surface area contributed by atoms with Gasteiger partial charge in [0.15, 0.2) is 0 Å². The molecule has 106 valence electrons. The monoisotopic (exact) mass is 262 g/mol. The summed E-state index contributed by atoms with van der Waals surface area (Å²) in [4.78, 5) is 8.46. The molecule has 4 nitrogen and oxygen atoms in total. The Bertz CT molecular complexity index is 424. The van der Waals surface area contributed by atoms with E-state index in [4.69, 9.17) is 0 Å². The van der Waals surface area contributed by atoms with Crippen LogP contribution in [0.2, 0.25) is 0 Å². The highest BCUT2D eigenvalue weighted by atomic mass is 15.1. The fourth-order valence-electron chi connectivity index (χ4n) is 3.73. The number of anilines is 2. The first-order chi connectivity index (χ1) is 8.80. The summed E-state index contributed by atoms with van der Waals surface area (Å²) >= 11 is 0. The molecule has 0 aliphatic heterocycles. The van der Waals surface area contributed by atoms with Gasteiger partial charge in [0.25, 0.3) is 0 Å². The van der Waals surface area contributed by atoms with Crippen LogP contribution in [0.25, 0.3) is 0 Å². The average molecular weight is 262 g/mol. The van der Waals surface area contributed by atoms with Crippen LogP contribution in [0.1, 0.15) is 47.0 Å². The Morgan fingerprint density at radius 3 is 2.21 bits per heavy atom. The van der Waals surface area contributed by atoms with E-state index in [0.29, 0.717) is 16.9 Å². The number of nitrogens with zero attached hydrogens (tertiary/aromatic N) is 2. The van der Waals surface area contributed by atoms with Gasteiger partial charge < -0.3 is 10.6 Å². The molecule has 1 saturated carbocycles. The molecule has 0 radical (unpaired) electrons. The Morgan fingerprint density at radius 2 is 1.63 bits per heavy atom. The van der Waals surface area contributed by atoms with Crippen molar-refractivity contribution in [3.05, 3.63) is 12.4 Å². The first kappa shape index (κ1) is 14.1. The highest BCUT2D eigenvalue weighted by Crippen LogP contribution is 2.46. The zero-order chi connectivity index (χ0) is 14.1. The van der Waals surface area contributed by atoms with Crippen LogP contribution in [0.3, 0.4) is 0 Å². The van der Waals surface area contributed by atoms with E-state index in [1.54, 1.807) is 6.33 Å². The summed E-state index contributed by atoms with van der Waals surface area (Å²) < 4.78 is 0. The molecule has 0 atom stereocenters. The van der Waals surface area contributed by atoms with Gasteiger partial charge >= 0.3 is 0 Å². The van der Waals surface area contributed by atoms with E-state index in [9.17, 15) is 0 Å². The molecule has 0 saturated heterocycles.